The minimum absolute atomic E-state index is 0.0794. The molecule has 0 spiro atoms. The van der Waals surface area contributed by atoms with Crippen molar-refractivity contribution in [1.29, 1.82) is 0 Å². The SMILES string of the molecule is C[C@@H](CO)NC(=O)C1CCCN1C(=O)C(F)(F)F. The summed E-state index contributed by atoms with van der Waals surface area (Å²) in [7, 11) is 0. The number of nitrogens with zero attached hydrogens (tertiary/aromatic N) is 1. The van der Waals surface area contributed by atoms with E-state index < -0.39 is 30.1 Å². The number of hydrogen-bond acceptors (Lipinski definition) is 3. The second-order valence-electron chi connectivity index (χ2n) is 4.25. The molecule has 0 aromatic rings. The molecule has 0 saturated carbocycles. The summed E-state index contributed by atoms with van der Waals surface area (Å²) in [5.74, 6) is -2.65. The number of aliphatic hydroxyl groups is 1. The van der Waals surface area contributed by atoms with Crippen LogP contribution in [0.3, 0.4) is 0 Å². The molecule has 2 N–H and O–H groups in total. The van der Waals surface area contributed by atoms with Crippen LogP contribution in [0.2, 0.25) is 0 Å². The molecule has 1 saturated heterocycles. The van der Waals surface area contributed by atoms with Crippen LogP contribution in [0.15, 0.2) is 0 Å². The normalized spacial score (nSPS) is 21.8. The van der Waals surface area contributed by atoms with Gasteiger partial charge in [-0.15, -0.1) is 0 Å². The lowest BCUT2D eigenvalue weighted by atomic mass is 10.2. The first-order valence-electron chi connectivity index (χ1n) is 5.56. The number of hydrogen-bond donors (Lipinski definition) is 2. The van der Waals surface area contributed by atoms with Gasteiger partial charge in [0, 0.05) is 12.6 Å². The third kappa shape index (κ3) is 3.34. The van der Waals surface area contributed by atoms with Gasteiger partial charge in [-0.1, -0.05) is 0 Å². The fourth-order valence-electron chi connectivity index (χ4n) is 1.83. The van der Waals surface area contributed by atoms with Crippen LogP contribution in [0.1, 0.15) is 19.8 Å². The third-order valence-corrected chi connectivity index (χ3v) is 2.72. The van der Waals surface area contributed by atoms with E-state index in [9.17, 15) is 22.8 Å². The van der Waals surface area contributed by atoms with Crippen LogP contribution >= 0.6 is 0 Å². The van der Waals surface area contributed by atoms with Gasteiger partial charge in [0.1, 0.15) is 6.04 Å². The number of alkyl halides is 3. The van der Waals surface area contributed by atoms with Gasteiger partial charge in [-0.3, -0.25) is 9.59 Å². The molecule has 104 valence electrons. The Kier molecular flexibility index (Phi) is 4.55. The van der Waals surface area contributed by atoms with Gasteiger partial charge in [0.2, 0.25) is 5.91 Å². The van der Waals surface area contributed by atoms with Gasteiger partial charge >= 0.3 is 12.1 Å². The predicted octanol–water partition coefficient (Wildman–Crippen LogP) is 0.0367. The van der Waals surface area contributed by atoms with Crippen molar-refractivity contribution < 1.29 is 27.9 Å². The molecule has 1 fully saturated rings. The highest BCUT2D eigenvalue weighted by atomic mass is 19.4. The van der Waals surface area contributed by atoms with E-state index in [0.29, 0.717) is 11.3 Å². The van der Waals surface area contributed by atoms with E-state index in [1.165, 1.54) is 6.92 Å². The Morgan fingerprint density at radius 2 is 2.11 bits per heavy atom. The molecule has 8 heteroatoms. The van der Waals surface area contributed by atoms with Crippen LogP contribution < -0.4 is 5.32 Å². The van der Waals surface area contributed by atoms with Gasteiger partial charge in [-0.25, -0.2) is 0 Å². The average Bonchev–Trinajstić information content (AvgIpc) is 2.75. The summed E-state index contributed by atoms with van der Waals surface area (Å²) in [6.45, 7) is 1.12. The minimum Gasteiger partial charge on any atom is -0.394 e. The number of amides is 2. The third-order valence-electron chi connectivity index (χ3n) is 2.72. The molecule has 1 rings (SSSR count). The average molecular weight is 268 g/mol. The van der Waals surface area contributed by atoms with Gasteiger partial charge in [0.25, 0.3) is 0 Å². The van der Waals surface area contributed by atoms with Crippen molar-refractivity contribution in [2.75, 3.05) is 13.2 Å². The standard InChI is InChI=1S/C10H15F3N2O3/c1-6(5-16)14-8(17)7-3-2-4-15(7)9(18)10(11,12)13/h6-7,16H,2-5H2,1H3,(H,14,17)/t6-,7?/m0/s1. The van der Waals surface area contributed by atoms with Gasteiger partial charge in [0.15, 0.2) is 0 Å². The van der Waals surface area contributed by atoms with E-state index >= 15 is 0 Å². The van der Waals surface area contributed by atoms with Crippen molar-refractivity contribution in [1.82, 2.24) is 10.2 Å². The lowest BCUT2D eigenvalue weighted by Gasteiger charge is -2.25. The number of aliphatic hydroxyl groups excluding tert-OH is 1. The van der Waals surface area contributed by atoms with Crippen molar-refractivity contribution in [3.8, 4) is 0 Å². The van der Waals surface area contributed by atoms with E-state index in [4.69, 9.17) is 5.11 Å². The summed E-state index contributed by atoms with van der Waals surface area (Å²) in [6, 6.07) is -1.66. The molecular formula is C10H15F3N2O3. The zero-order chi connectivity index (χ0) is 13.9. The molecule has 1 heterocycles. The molecule has 18 heavy (non-hydrogen) atoms. The van der Waals surface area contributed by atoms with Gasteiger partial charge < -0.3 is 15.3 Å². The van der Waals surface area contributed by atoms with Gasteiger partial charge in [-0.05, 0) is 19.8 Å². The number of carbonyl (C=O) groups excluding carboxylic acids is 2. The smallest absolute Gasteiger partial charge is 0.394 e. The van der Waals surface area contributed by atoms with E-state index in [1.807, 2.05) is 0 Å². The fraction of sp³-hybridized carbons (Fsp3) is 0.800. The van der Waals surface area contributed by atoms with Crippen molar-refractivity contribution in [3.63, 3.8) is 0 Å². The summed E-state index contributed by atoms with van der Waals surface area (Å²) >= 11 is 0. The molecule has 1 aliphatic rings. The molecule has 5 nitrogen and oxygen atoms in total. The Hall–Kier alpha value is -1.31. The van der Waals surface area contributed by atoms with Crippen molar-refractivity contribution in [2.45, 2.75) is 38.0 Å². The lowest BCUT2D eigenvalue weighted by molar-refractivity contribution is -0.186. The predicted molar refractivity (Wildman–Crippen MR) is 55.5 cm³/mol. The maximum absolute atomic E-state index is 12.3. The number of halogens is 3. The summed E-state index contributed by atoms with van der Waals surface area (Å²) in [4.78, 5) is 23.3. The topological polar surface area (TPSA) is 69.6 Å². The fourth-order valence-corrected chi connectivity index (χ4v) is 1.83. The van der Waals surface area contributed by atoms with E-state index in [0.717, 1.165) is 0 Å². The maximum atomic E-state index is 12.3. The summed E-state index contributed by atoms with van der Waals surface area (Å²) in [6.07, 6.45) is -4.41. The zero-order valence-corrected chi connectivity index (χ0v) is 9.83. The van der Waals surface area contributed by atoms with E-state index in [2.05, 4.69) is 5.32 Å². The van der Waals surface area contributed by atoms with Crippen LogP contribution in [-0.4, -0.2) is 53.2 Å². The first-order chi connectivity index (χ1) is 8.27. The summed E-state index contributed by atoms with van der Waals surface area (Å²) in [5, 5.41) is 11.1. The number of rotatable bonds is 3. The van der Waals surface area contributed by atoms with Crippen molar-refractivity contribution >= 4 is 11.8 Å². The second-order valence-corrected chi connectivity index (χ2v) is 4.25. The molecule has 1 aliphatic heterocycles. The van der Waals surface area contributed by atoms with Crippen molar-refractivity contribution in [3.05, 3.63) is 0 Å². The molecule has 2 atom stereocenters. The van der Waals surface area contributed by atoms with Crippen LogP contribution in [0.5, 0.6) is 0 Å². The maximum Gasteiger partial charge on any atom is 0.471 e. The van der Waals surface area contributed by atoms with Crippen LogP contribution in [0.25, 0.3) is 0 Å². The molecule has 2 amide bonds. The Balaban J connectivity index is 2.71. The number of nitrogens with one attached hydrogen (secondary N) is 1. The highest BCUT2D eigenvalue weighted by Gasteiger charge is 2.47. The monoisotopic (exact) mass is 268 g/mol. The quantitative estimate of drug-likeness (QED) is 0.759. The zero-order valence-electron chi connectivity index (χ0n) is 9.83. The Bertz CT molecular complexity index is 333. The molecule has 0 bridgehead atoms. The first-order valence-corrected chi connectivity index (χ1v) is 5.56. The highest BCUT2D eigenvalue weighted by Crippen LogP contribution is 2.25. The molecule has 0 aromatic carbocycles. The van der Waals surface area contributed by atoms with Crippen molar-refractivity contribution in [2.24, 2.45) is 0 Å². The second kappa shape index (κ2) is 5.55. The lowest BCUT2D eigenvalue weighted by Crippen LogP contribution is -2.52. The molecular weight excluding hydrogens is 253 g/mol. The Labute approximate surface area is 102 Å². The highest BCUT2D eigenvalue weighted by molar-refractivity contribution is 5.90. The molecule has 0 radical (unpaired) electrons. The van der Waals surface area contributed by atoms with Gasteiger partial charge in [-0.2, -0.15) is 13.2 Å². The van der Waals surface area contributed by atoms with E-state index in [1.54, 1.807) is 0 Å². The Morgan fingerprint density at radius 1 is 1.50 bits per heavy atom. The number of likely N-dealkylation sites (tertiary alicyclic amines) is 1. The van der Waals surface area contributed by atoms with E-state index in [-0.39, 0.29) is 19.6 Å². The molecule has 0 aromatic heterocycles. The van der Waals surface area contributed by atoms with Crippen LogP contribution in [0, 0.1) is 0 Å². The van der Waals surface area contributed by atoms with Crippen LogP contribution in [-0.2, 0) is 9.59 Å². The van der Waals surface area contributed by atoms with Gasteiger partial charge in [0.05, 0.1) is 6.61 Å². The number of carbonyl (C=O) groups is 2. The largest absolute Gasteiger partial charge is 0.471 e. The first kappa shape index (κ1) is 14.7. The summed E-state index contributed by atoms with van der Waals surface area (Å²) in [5.41, 5.74) is 0. The molecule has 1 unspecified atom stereocenters. The summed E-state index contributed by atoms with van der Waals surface area (Å²) < 4.78 is 36.9. The Morgan fingerprint density at radius 3 is 2.61 bits per heavy atom. The minimum atomic E-state index is -4.97. The van der Waals surface area contributed by atoms with Crippen LogP contribution in [0.4, 0.5) is 13.2 Å². The molecule has 0 aliphatic carbocycles.